The van der Waals surface area contributed by atoms with E-state index in [4.69, 9.17) is 5.73 Å². The van der Waals surface area contributed by atoms with Gasteiger partial charge in [-0.05, 0) is 29.8 Å². The zero-order valence-electron chi connectivity index (χ0n) is 12.7. The summed E-state index contributed by atoms with van der Waals surface area (Å²) < 4.78 is 0. The molecule has 6 heteroatoms. The predicted octanol–water partition coefficient (Wildman–Crippen LogP) is 1.18. The van der Waals surface area contributed by atoms with Crippen LogP contribution in [-0.4, -0.2) is 29.7 Å². The minimum atomic E-state index is -0.967. The quantitative estimate of drug-likeness (QED) is 0.657. The number of carbonyl (C=O) groups excluding carboxylic acids is 3. The van der Waals surface area contributed by atoms with Gasteiger partial charge in [-0.1, -0.05) is 30.3 Å². The van der Waals surface area contributed by atoms with Crippen molar-refractivity contribution in [2.45, 2.75) is 6.54 Å². The van der Waals surface area contributed by atoms with Crippen molar-refractivity contribution >= 4 is 23.4 Å². The first-order valence-corrected chi connectivity index (χ1v) is 6.97. The van der Waals surface area contributed by atoms with Gasteiger partial charge < -0.3 is 10.6 Å². The van der Waals surface area contributed by atoms with Crippen molar-refractivity contribution in [2.24, 2.45) is 0 Å². The fourth-order valence-corrected chi connectivity index (χ4v) is 1.97. The first-order valence-electron chi connectivity index (χ1n) is 6.97. The highest BCUT2D eigenvalue weighted by atomic mass is 16.2. The van der Waals surface area contributed by atoms with Crippen LogP contribution >= 0.6 is 0 Å². The van der Waals surface area contributed by atoms with E-state index in [0.29, 0.717) is 5.69 Å². The van der Waals surface area contributed by atoms with Crippen molar-refractivity contribution in [3.05, 3.63) is 65.7 Å². The second-order valence-corrected chi connectivity index (χ2v) is 5.05. The Morgan fingerprint density at radius 2 is 1.61 bits per heavy atom. The third-order valence-corrected chi connectivity index (χ3v) is 3.20. The number of nitrogens with one attached hydrogen (secondary N) is 1. The number of likely N-dealkylation sites (N-methyl/N-ethyl adjacent to an activating group) is 1. The van der Waals surface area contributed by atoms with Crippen molar-refractivity contribution in [1.29, 1.82) is 0 Å². The van der Waals surface area contributed by atoms with E-state index in [1.807, 2.05) is 30.3 Å². The molecule has 0 saturated carbocycles. The summed E-state index contributed by atoms with van der Waals surface area (Å²) in [5.74, 6) is -2.39. The van der Waals surface area contributed by atoms with Gasteiger partial charge >= 0.3 is 11.8 Å². The van der Waals surface area contributed by atoms with Gasteiger partial charge in [-0.25, -0.2) is 0 Å². The topological polar surface area (TPSA) is 92.5 Å². The molecule has 0 fully saturated rings. The Hall–Kier alpha value is -3.15. The van der Waals surface area contributed by atoms with E-state index in [1.165, 1.54) is 24.1 Å². The molecule has 118 valence electrons. The number of hydrogen-bond acceptors (Lipinski definition) is 4. The molecule has 0 aliphatic rings. The number of benzene rings is 2. The van der Waals surface area contributed by atoms with Crippen LogP contribution in [0.25, 0.3) is 0 Å². The van der Waals surface area contributed by atoms with E-state index in [1.54, 1.807) is 12.1 Å². The van der Waals surface area contributed by atoms with Gasteiger partial charge in [0.05, 0.1) is 0 Å². The van der Waals surface area contributed by atoms with Gasteiger partial charge in [-0.3, -0.25) is 19.7 Å². The van der Waals surface area contributed by atoms with E-state index in [9.17, 15) is 14.4 Å². The Balaban J connectivity index is 1.95. The van der Waals surface area contributed by atoms with Crippen LogP contribution in [0.4, 0.5) is 5.69 Å². The van der Waals surface area contributed by atoms with E-state index in [0.717, 1.165) is 5.56 Å². The molecule has 0 aliphatic heterocycles. The molecule has 0 atom stereocenters. The van der Waals surface area contributed by atoms with Gasteiger partial charge in [0.1, 0.15) is 0 Å². The van der Waals surface area contributed by atoms with Crippen LogP contribution < -0.4 is 11.1 Å². The molecular weight excluding hydrogens is 294 g/mol. The summed E-state index contributed by atoms with van der Waals surface area (Å²) in [4.78, 5) is 37.0. The lowest BCUT2D eigenvalue weighted by Crippen LogP contribution is -2.43. The molecular formula is C17H17N3O3. The number of imide groups is 1. The minimum absolute atomic E-state index is 0.256. The average molecular weight is 311 g/mol. The van der Waals surface area contributed by atoms with E-state index in [2.05, 4.69) is 5.32 Å². The predicted molar refractivity (Wildman–Crippen MR) is 86.2 cm³/mol. The second kappa shape index (κ2) is 7.22. The number of nitrogen functional groups attached to an aromatic ring is 1. The molecule has 0 saturated heterocycles. The molecule has 0 bridgehead atoms. The standard InChI is InChI=1S/C17H17N3O3/c1-20(11-12-5-3-2-4-6-12)17(23)16(22)19-15(21)13-7-9-14(18)10-8-13/h2-10H,11,18H2,1H3,(H,19,21,22). The molecule has 0 aliphatic carbocycles. The van der Waals surface area contributed by atoms with Crippen LogP contribution in [-0.2, 0) is 16.1 Å². The molecule has 23 heavy (non-hydrogen) atoms. The van der Waals surface area contributed by atoms with Crippen molar-refractivity contribution in [3.63, 3.8) is 0 Å². The zero-order chi connectivity index (χ0) is 16.8. The largest absolute Gasteiger partial charge is 0.399 e. The lowest BCUT2D eigenvalue weighted by molar-refractivity contribution is -0.144. The van der Waals surface area contributed by atoms with Crippen molar-refractivity contribution < 1.29 is 14.4 Å². The molecule has 3 N–H and O–H groups in total. The third-order valence-electron chi connectivity index (χ3n) is 3.20. The van der Waals surface area contributed by atoms with Gasteiger partial charge in [0.2, 0.25) is 0 Å². The maximum absolute atomic E-state index is 12.0. The summed E-state index contributed by atoms with van der Waals surface area (Å²) >= 11 is 0. The lowest BCUT2D eigenvalue weighted by atomic mass is 10.2. The second-order valence-electron chi connectivity index (χ2n) is 5.05. The Morgan fingerprint density at radius 3 is 2.22 bits per heavy atom. The van der Waals surface area contributed by atoms with Crippen LogP contribution in [0.1, 0.15) is 15.9 Å². The van der Waals surface area contributed by atoms with Crippen LogP contribution in [0.15, 0.2) is 54.6 Å². The fraction of sp³-hybridized carbons (Fsp3) is 0.118. The molecule has 0 spiro atoms. The van der Waals surface area contributed by atoms with Gasteiger partial charge in [0, 0.05) is 24.8 Å². The Kier molecular flexibility index (Phi) is 5.09. The lowest BCUT2D eigenvalue weighted by Gasteiger charge is -2.16. The first-order chi connectivity index (χ1) is 11.0. The highest BCUT2D eigenvalue weighted by molar-refractivity contribution is 6.38. The molecule has 2 aromatic carbocycles. The smallest absolute Gasteiger partial charge is 0.316 e. The first kappa shape index (κ1) is 16.2. The number of carbonyl (C=O) groups is 3. The van der Waals surface area contributed by atoms with Crippen LogP contribution in [0.5, 0.6) is 0 Å². The van der Waals surface area contributed by atoms with E-state index < -0.39 is 17.7 Å². The number of amides is 3. The van der Waals surface area contributed by atoms with Gasteiger partial charge in [-0.2, -0.15) is 0 Å². The summed E-state index contributed by atoms with van der Waals surface area (Å²) in [6, 6.07) is 15.3. The zero-order valence-corrected chi connectivity index (χ0v) is 12.7. The van der Waals surface area contributed by atoms with Crippen LogP contribution in [0.2, 0.25) is 0 Å². The highest BCUT2D eigenvalue weighted by Gasteiger charge is 2.21. The highest BCUT2D eigenvalue weighted by Crippen LogP contribution is 2.06. The van der Waals surface area contributed by atoms with Crippen molar-refractivity contribution in [1.82, 2.24) is 10.2 Å². The monoisotopic (exact) mass is 311 g/mol. The molecule has 0 aromatic heterocycles. The number of nitrogens with two attached hydrogens (primary N) is 1. The molecule has 2 rings (SSSR count). The van der Waals surface area contributed by atoms with Gasteiger partial charge in [0.15, 0.2) is 0 Å². The van der Waals surface area contributed by atoms with Gasteiger partial charge in [-0.15, -0.1) is 0 Å². The van der Waals surface area contributed by atoms with E-state index in [-0.39, 0.29) is 12.1 Å². The molecule has 0 radical (unpaired) electrons. The third kappa shape index (κ3) is 4.41. The average Bonchev–Trinajstić information content (AvgIpc) is 2.55. The number of anilines is 1. The van der Waals surface area contributed by atoms with Crippen molar-refractivity contribution in [2.75, 3.05) is 12.8 Å². The molecule has 2 aromatic rings. The summed E-state index contributed by atoms with van der Waals surface area (Å²) in [5, 5.41) is 2.07. The SMILES string of the molecule is CN(Cc1ccccc1)C(=O)C(=O)NC(=O)c1ccc(N)cc1. The normalized spacial score (nSPS) is 9.96. The Bertz CT molecular complexity index is 712. The van der Waals surface area contributed by atoms with Crippen molar-refractivity contribution in [3.8, 4) is 0 Å². The number of rotatable bonds is 3. The molecule has 0 heterocycles. The Morgan fingerprint density at radius 1 is 1.00 bits per heavy atom. The van der Waals surface area contributed by atoms with Crippen LogP contribution in [0.3, 0.4) is 0 Å². The maximum atomic E-state index is 12.0. The Labute approximate surface area is 133 Å². The fourth-order valence-electron chi connectivity index (χ4n) is 1.97. The summed E-state index contributed by atoms with van der Waals surface area (Å²) in [7, 11) is 1.50. The van der Waals surface area contributed by atoms with Gasteiger partial charge in [0.25, 0.3) is 5.91 Å². The van der Waals surface area contributed by atoms with Crippen LogP contribution in [0, 0.1) is 0 Å². The summed E-state index contributed by atoms with van der Waals surface area (Å²) in [6.45, 7) is 0.281. The number of hydrogen-bond donors (Lipinski definition) is 2. The summed E-state index contributed by atoms with van der Waals surface area (Å²) in [5.41, 5.74) is 7.18. The molecule has 0 unspecified atom stereocenters. The molecule has 6 nitrogen and oxygen atoms in total. The molecule has 3 amide bonds. The number of nitrogens with zero attached hydrogens (tertiary/aromatic N) is 1. The minimum Gasteiger partial charge on any atom is -0.399 e. The summed E-state index contributed by atoms with van der Waals surface area (Å²) in [6.07, 6.45) is 0. The maximum Gasteiger partial charge on any atom is 0.316 e. The van der Waals surface area contributed by atoms with E-state index >= 15 is 0 Å².